The van der Waals surface area contributed by atoms with Gasteiger partial charge in [0.05, 0.1) is 23.5 Å². The van der Waals surface area contributed by atoms with Gasteiger partial charge in [0.25, 0.3) is 0 Å². The molecule has 29 heavy (non-hydrogen) atoms. The molecule has 9 heteroatoms. The van der Waals surface area contributed by atoms with Crippen molar-refractivity contribution in [3.05, 3.63) is 65.2 Å². The van der Waals surface area contributed by atoms with E-state index in [0.717, 1.165) is 29.5 Å². The average molecular weight is 428 g/mol. The van der Waals surface area contributed by atoms with E-state index >= 15 is 0 Å². The predicted octanol–water partition coefficient (Wildman–Crippen LogP) is 4.05. The van der Waals surface area contributed by atoms with Crippen LogP contribution in [0.4, 0.5) is 18.9 Å². The molecule has 2 atom stereocenters. The third-order valence-corrected chi connectivity index (χ3v) is 5.69. The van der Waals surface area contributed by atoms with E-state index in [0.29, 0.717) is 10.4 Å². The molecule has 0 aromatic heterocycles. The normalized spacial score (nSPS) is 14.2. The standard InChI is InChI=1S/C20H23F3N2O3S/c1-13-8-10-16(11-9-13)14(2)24-19(26)15(3)25(29(4,27)28)18-7-5-6-17(12-18)20(21,22)23/h5-12,14-15H,1-4H3,(H,24,26)/t14-,15-/m1/s1. The second-order valence-electron chi connectivity index (χ2n) is 6.92. The Morgan fingerprint density at radius 2 is 1.66 bits per heavy atom. The van der Waals surface area contributed by atoms with Crippen LogP contribution >= 0.6 is 0 Å². The molecule has 2 aromatic rings. The number of rotatable bonds is 6. The maximum atomic E-state index is 13.0. The first-order valence-electron chi connectivity index (χ1n) is 8.84. The lowest BCUT2D eigenvalue weighted by Crippen LogP contribution is -2.48. The molecular formula is C20H23F3N2O3S. The van der Waals surface area contributed by atoms with E-state index in [4.69, 9.17) is 0 Å². The molecule has 0 aliphatic rings. The van der Waals surface area contributed by atoms with E-state index in [1.807, 2.05) is 31.2 Å². The van der Waals surface area contributed by atoms with Gasteiger partial charge in [-0.3, -0.25) is 9.10 Å². The summed E-state index contributed by atoms with van der Waals surface area (Å²) in [6, 6.07) is 9.68. The van der Waals surface area contributed by atoms with Gasteiger partial charge in [-0.15, -0.1) is 0 Å². The molecule has 2 rings (SSSR count). The number of hydrogen-bond donors (Lipinski definition) is 1. The van der Waals surface area contributed by atoms with Crippen molar-refractivity contribution in [3.63, 3.8) is 0 Å². The summed E-state index contributed by atoms with van der Waals surface area (Å²) < 4.78 is 64.4. The number of aryl methyl sites for hydroxylation is 1. The Morgan fingerprint density at radius 1 is 1.07 bits per heavy atom. The number of sulfonamides is 1. The van der Waals surface area contributed by atoms with Crippen molar-refractivity contribution in [3.8, 4) is 0 Å². The van der Waals surface area contributed by atoms with Crippen molar-refractivity contribution >= 4 is 21.6 Å². The molecule has 158 valence electrons. The van der Waals surface area contributed by atoms with E-state index in [1.54, 1.807) is 6.92 Å². The lowest BCUT2D eigenvalue weighted by atomic mass is 10.1. The number of carbonyl (C=O) groups is 1. The van der Waals surface area contributed by atoms with Gasteiger partial charge in [-0.2, -0.15) is 13.2 Å². The Balaban J connectivity index is 2.31. The van der Waals surface area contributed by atoms with Gasteiger partial charge in [0, 0.05) is 0 Å². The highest BCUT2D eigenvalue weighted by atomic mass is 32.2. The third kappa shape index (κ3) is 5.72. The zero-order chi connectivity index (χ0) is 22.0. The van der Waals surface area contributed by atoms with Gasteiger partial charge in [-0.25, -0.2) is 8.42 Å². The second kappa shape index (κ2) is 8.44. The van der Waals surface area contributed by atoms with Gasteiger partial charge in [-0.1, -0.05) is 35.9 Å². The van der Waals surface area contributed by atoms with E-state index in [9.17, 15) is 26.4 Å². The first kappa shape index (κ1) is 22.7. The summed E-state index contributed by atoms with van der Waals surface area (Å²) in [5, 5.41) is 2.72. The fourth-order valence-corrected chi connectivity index (χ4v) is 4.07. The lowest BCUT2D eigenvalue weighted by molar-refractivity contribution is -0.137. The van der Waals surface area contributed by atoms with Crippen molar-refractivity contribution in [1.29, 1.82) is 0 Å². The van der Waals surface area contributed by atoms with Gasteiger partial charge in [0.1, 0.15) is 6.04 Å². The number of benzene rings is 2. The van der Waals surface area contributed by atoms with Crippen LogP contribution in [0.2, 0.25) is 0 Å². The van der Waals surface area contributed by atoms with E-state index < -0.39 is 39.8 Å². The van der Waals surface area contributed by atoms with Crippen LogP contribution in [0.15, 0.2) is 48.5 Å². The highest BCUT2D eigenvalue weighted by molar-refractivity contribution is 7.92. The largest absolute Gasteiger partial charge is 0.416 e. The lowest BCUT2D eigenvalue weighted by Gasteiger charge is -2.29. The number of nitrogens with zero attached hydrogens (tertiary/aromatic N) is 1. The Kier molecular flexibility index (Phi) is 6.62. The third-order valence-electron chi connectivity index (χ3n) is 4.45. The summed E-state index contributed by atoms with van der Waals surface area (Å²) in [7, 11) is -4.03. The minimum Gasteiger partial charge on any atom is -0.348 e. The Bertz CT molecular complexity index is 973. The Hall–Kier alpha value is -2.55. The summed E-state index contributed by atoms with van der Waals surface area (Å²) in [4.78, 5) is 12.7. The minimum absolute atomic E-state index is 0.229. The van der Waals surface area contributed by atoms with Gasteiger partial charge in [0.2, 0.25) is 15.9 Å². The van der Waals surface area contributed by atoms with Crippen LogP contribution in [0.5, 0.6) is 0 Å². The molecule has 0 aliphatic heterocycles. The SMILES string of the molecule is Cc1ccc([C@@H](C)NC(=O)[C@@H](C)N(c2cccc(C(F)(F)F)c2)S(C)(=O)=O)cc1. The summed E-state index contributed by atoms with van der Waals surface area (Å²) in [6.45, 7) is 5.00. The first-order valence-corrected chi connectivity index (χ1v) is 10.7. The van der Waals surface area contributed by atoms with Crippen LogP contribution in [-0.2, 0) is 21.0 Å². The molecule has 0 fully saturated rings. The molecule has 0 heterocycles. The Labute approximate surface area is 168 Å². The number of anilines is 1. The quantitative estimate of drug-likeness (QED) is 0.755. The van der Waals surface area contributed by atoms with Crippen LogP contribution in [-0.4, -0.2) is 26.6 Å². The number of carbonyl (C=O) groups excluding carboxylic acids is 1. The number of alkyl halides is 3. The molecule has 0 aliphatic carbocycles. The van der Waals surface area contributed by atoms with Gasteiger partial charge >= 0.3 is 6.18 Å². The smallest absolute Gasteiger partial charge is 0.348 e. The molecule has 0 saturated heterocycles. The number of hydrogen-bond acceptors (Lipinski definition) is 3. The highest BCUT2D eigenvalue weighted by Crippen LogP contribution is 2.33. The predicted molar refractivity (Wildman–Crippen MR) is 106 cm³/mol. The fraction of sp³-hybridized carbons (Fsp3) is 0.350. The van der Waals surface area contributed by atoms with Crippen LogP contribution in [0.3, 0.4) is 0 Å². The molecule has 0 spiro atoms. The molecule has 0 unspecified atom stereocenters. The van der Waals surface area contributed by atoms with Crippen LogP contribution in [0.25, 0.3) is 0 Å². The number of halogens is 3. The monoisotopic (exact) mass is 428 g/mol. The van der Waals surface area contributed by atoms with Crippen LogP contribution in [0, 0.1) is 6.92 Å². The maximum absolute atomic E-state index is 13.0. The topological polar surface area (TPSA) is 66.5 Å². The fourth-order valence-electron chi connectivity index (χ4n) is 2.90. The van der Waals surface area contributed by atoms with Gasteiger partial charge in [0.15, 0.2) is 0 Å². The van der Waals surface area contributed by atoms with Crippen LogP contribution in [0.1, 0.15) is 36.6 Å². The highest BCUT2D eigenvalue weighted by Gasteiger charge is 2.34. The molecule has 1 N–H and O–H groups in total. The van der Waals surface area contributed by atoms with E-state index in [1.165, 1.54) is 13.0 Å². The molecule has 1 amide bonds. The van der Waals surface area contributed by atoms with Crippen molar-refractivity contribution in [2.24, 2.45) is 0 Å². The number of nitrogens with one attached hydrogen (secondary N) is 1. The van der Waals surface area contributed by atoms with Gasteiger partial charge < -0.3 is 5.32 Å². The van der Waals surface area contributed by atoms with Crippen molar-refractivity contribution in [1.82, 2.24) is 5.32 Å². The average Bonchev–Trinajstić information content (AvgIpc) is 2.60. The van der Waals surface area contributed by atoms with Crippen LogP contribution < -0.4 is 9.62 Å². The summed E-state index contributed by atoms with van der Waals surface area (Å²) in [6.07, 6.45) is -3.79. The molecule has 0 saturated carbocycles. The summed E-state index contributed by atoms with van der Waals surface area (Å²) in [5.41, 5.74) is 0.645. The summed E-state index contributed by atoms with van der Waals surface area (Å²) in [5.74, 6) is -0.624. The summed E-state index contributed by atoms with van der Waals surface area (Å²) >= 11 is 0. The van der Waals surface area contributed by atoms with E-state index in [2.05, 4.69) is 5.32 Å². The zero-order valence-corrected chi connectivity index (χ0v) is 17.3. The Morgan fingerprint density at radius 3 is 2.17 bits per heavy atom. The second-order valence-corrected chi connectivity index (χ2v) is 8.78. The molecule has 0 radical (unpaired) electrons. The minimum atomic E-state index is -4.63. The molecule has 2 aromatic carbocycles. The van der Waals surface area contributed by atoms with Crippen molar-refractivity contribution in [2.75, 3.05) is 10.6 Å². The first-order chi connectivity index (χ1) is 13.3. The maximum Gasteiger partial charge on any atom is 0.416 e. The van der Waals surface area contributed by atoms with Crippen molar-refractivity contribution < 1.29 is 26.4 Å². The zero-order valence-electron chi connectivity index (χ0n) is 16.5. The van der Waals surface area contributed by atoms with Crippen molar-refractivity contribution in [2.45, 2.75) is 39.0 Å². The number of amides is 1. The van der Waals surface area contributed by atoms with Gasteiger partial charge in [-0.05, 0) is 44.5 Å². The van der Waals surface area contributed by atoms with E-state index in [-0.39, 0.29) is 5.69 Å². The molecule has 0 bridgehead atoms. The molecular weight excluding hydrogens is 405 g/mol. The molecule has 5 nitrogen and oxygen atoms in total.